The number of benzene rings is 1. The Morgan fingerprint density at radius 2 is 2.14 bits per heavy atom. The van der Waals surface area contributed by atoms with E-state index in [-0.39, 0.29) is 6.61 Å². The molecule has 1 aromatic rings. The molecule has 1 aromatic carbocycles. The molecule has 4 nitrogen and oxygen atoms in total. The van der Waals surface area contributed by atoms with Crippen LogP contribution in [0.15, 0.2) is 18.2 Å². The van der Waals surface area contributed by atoms with Gasteiger partial charge in [-0.2, -0.15) is 8.42 Å². The lowest BCUT2D eigenvalue weighted by molar-refractivity contribution is 0.307. The van der Waals surface area contributed by atoms with Gasteiger partial charge in [0.1, 0.15) is 5.82 Å². The Hall–Kier alpha value is -0.980. The van der Waals surface area contributed by atoms with Crippen molar-refractivity contribution >= 4 is 10.3 Å². The van der Waals surface area contributed by atoms with Crippen molar-refractivity contribution in [2.45, 2.75) is 13.5 Å². The van der Waals surface area contributed by atoms with Crippen LogP contribution in [-0.2, 0) is 21.1 Å². The molecule has 0 radical (unpaired) electrons. The topological polar surface area (TPSA) is 69.4 Å². The van der Waals surface area contributed by atoms with Crippen molar-refractivity contribution in [1.82, 2.24) is 0 Å². The van der Waals surface area contributed by atoms with Crippen LogP contribution in [0, 0.1) is 12.7 Å². The fraction of sp³-hybridized carbons (Fsp3) is 0.250. The predicted molar refractivity (Wildman–Crippen MR) is 49.0 cm³/mol. The Kier molecular flexibility index (Phi) is 3.20. The maximum absolute atomic E-state index is 12.7. The fourth-order valence-electron chi connectivity index (χ4n) is 0.941. The molecule has 0 aliphatic heterocycles. The first-order valence-corrected chi connectivity index (χ1v) is 5.28. The van der Waals surface area contributed by atoms with Crippen molar-refractivity contribution in [1.29, 1.82) is 0 Å². The molecule has 0 fully saturated rings. The quantitative estimate of drug-likeness (QED) is 0.819. The van der Waals surface area contributed by atoms with E-state index in [1.165, 1.54) is 18.2 Å². The molecule has 14 heavy (non-hydrogen) atoms. The molecule has 0 spiro atoms. The van der Waals surface area contributed by atoms with Crippen molar-refractivity contribution in [3.05, 3.63) is 35.1 Å². The SMILES string of the molecule is Cc1ccc(F)cc1COS(N)(=O)=O. The maximum Gasteiger partial charge on any atom is 0.333 e. The lowest BCUT2D eigenvalue weighted by Gasteiger charge is -2.04. The second-order valence-corrected chi connectivity index (χ2v) is 4.05. The molecule has 0 bridgehead atoms. The fourth-order valence-corrected chi connectivity index (χ4v) is 1.23. The normalized spacial score (nSPS) is 11.6. The monoisotopic (exact) mass is 219 g/mol. The zero-order valence-electron chi connectivity index (χ0n) is 7.53. The Morgan fingerprint density at radius 1 is 1.50 bits per heavy atom. The van der Waals surface area contributed by atoms with Gasteiger partial charge in [0.2, 0.25) is 0 Å². The van der Waals surface area contributed by atoms with Crippen LogP contribution in [0.25, 0.3) is 0 Å². The van der Waals surface area contributed by atoms with Crippen LogP contribution in [0.2, 0.25) is 0 Å². The van der Waals surface area contributed by atoms with Crippen LogP contribution in [-0.4, -0.2) is 8.42 Å². The van der Waals surface area contributed by atoms with E-state index in [2.05, 4.69) is 9.32 Å². The van der Waals surface area contributed by atoms with Gasteiger partial charge in [0.25, 0.3) is 0 Å². The molecule has 0 saturated carbocycles. The Bertz CT molecular complexity index is 430. The molecule has 0 saturated heterocycles. The van der Waals surface area contributed by atoms with Crippen LogP contribution >= 0.6 is 0 Å². The Morgan fingerprint density at radius 3 is 2.71 bits per heavy atom. The summed E-state index contributed by atoms with van der Waals surface area (Å²) in [4.78, 5) is 0. The van der Waals surface area contributed by atoms with Gasteiger partial charge in [-0.15, -0.1) is 0 Å². The van der Waals surface area contributed by atoms with E-state index >= 15 is 0 Å². The van der Waals surface area contributed by atoms with Gasteiger partial charge in [0, 0.05) is 0 Å². The average molecular weight is 219 g/mol. The number of halogens is 1. The summed E-state index contributed by atoms with van der Waals surface area (Å²) in [6, 6.07) is 4.04. The molecule has 1 rings (SSSR count). The van der Waals surface area contributed by atoms with Crippen molar-refractivity contribution < 1.29 is 17.0 Å². The third-order valence-corrected chi connectivity index (χ3v) is 2.14. The number of hydrogen-bond donors (Lipinski definition) is 1. The van der Waals surface area contributed by atoms with E-state index in [0.717, 1.165) is 5.56 Å². The lowest BCUT2D eigenvalue weighted by Crippen LogP contribution is -2.15. The summed E-state index contributed by atoms with van der Waals surface area (Å²) in [5.74, 6) is -0.441. The second kappa shape index (κ2) is 4.04. The van der Waals surface area contributed by atoms with Gasteiger partial charge in [-0.05, 0) is 30.2 Å². The Balaban J connectivity index is 2.81. The zero-order valence-corrected chi connectivity index (χ0v) is 8.34. The minimum atomic E-state index is -3.97. The smallest absolute Gasteiger partial charge is 0.253 e. The van der Waals surface area contributed by atoms with E-state index in [0.29, 0.717) is 5.56 Å². The van der Waals surface area contributed by atoms with Gasteiger partial charge in [-0.3, -0.25) is 4.18 Å². The third kappa shape index (κ3) is 3.41. The molecule has 0 atom stereocenters. The largest absolute Gasteiger partial charge is 0.333 e. The first-order chi connectivity index (χ1) is 6.38. The molecule has 0 heterocycles. The summed E-state index contributed by atoms with van der Waals surface area (Å²) in [5.41, 5.74) is 1.20. The van der Waals surface area contributed by atoms with Gasteiger partial charge in [-0.1, -0.05) is 6.07 Å². The average Bonchev–Trinajstić information content (AvgIpc) is 2.05. The highest BCUT2D eigenvalue weighted by Crippen LogP contribution is 2.11. The minimum Gasteiger partial charge on any atom is -0.253 e. The summed E-state index contributed by atoms with van der Waals surface area (Å²) in [6.45, 7) is 1.48. The van der Waals surface area contributed by atoms with Crippen molar-refractivity contribution in [3.8, 4) is 0 Å². The summed E-state index contributed by atoms with van der Waals surface area (Å²) in [7, 11) is -3.97. The lowest BCUT2D eigenvalue weighted by atomic mass is 10.1. The standard InChI is InChI=1S/C8H10FNO3S/c1-6-2-3-8(9)4-7(6)5-13-14(10,11)12/h2-4H,5H2,1H3,(H2,10,11,12). The van der Waals surface area contributed by atoms with Crippen LogP contribution in [0.1, 0.15) is 11.1 Å². The molecule has 0 unspecified atom stereocenters. The first kappa shape index (κ1) is 11.1. The molecule has 0 aromatic heterocycles. The van der Waals surface area contributed by atoms with E-state index in [1.807, 2.05) is 0 Å². The molecule has 6 heteroatoms. The highest BCUT2D eigenvalue weighted by Gasteiger charge is 2.06. The number of hydrogen-bond acceptors (Lipinski definition) is 3. The molecular formula is C8H10FNO3S. The highest BCUT2D eigenvalue weighted by molar-refractivity contribution is 7.84. The molecule has 0 aliphatic rings. The van der Waals surface area contributed by atoms with Gasteiger partial charge in [0.05, 0.1) is 6.61 Å². The molecule has 2 N–H and O–H groups in total. The minimum absolute atomic E-state index is 0.248. The van der Waals surface area contributed by atoms with Gasteiger partial charge < -0.3 is 0 Å². The van der Waals surface area contributed by atoms with Gasteiger partial charge in [0.15, 0.2) is 0 Å². The van der Waals surface area contributed by atoms with E-state index in [1.54, 1.807) is 6.92 Å². The highest BCUT2D eigenvalue weighted by atomic mass is 32.2. The number of aryl methyl sites for hydroxylation is 1. The van der Waals surface area contributed by atoms with E-state index < -0.39 is 16.1 Å². The van der Waals surface area contributed by atoms with E-state index in [9.17, 15) is 12.8 Å². The van der Waals surface area contributed by atoms with Crippen LogP contribution in [0.3, 0.4) is 0 Å². The predicted octanol–water partition coefficient (Wildman–Crippen LogP) is 0.854. The van der Waals surface area contributed by atoms with Crippen molar-refractivity contribution in [2.24, 2.45) is 5.14 Å². The second-order valence-electron chi connectivity index (χ2n) is 2.83. The molecule has 0 aliphatic carbocycles. The Labute approximate surface area is 81.8 Å². The molecule has 78 valence electrons. The summed E-state index contributed by atoms with van der Waals surface area (Å²) < 4.78 is 38.0. The van der Waals surface area contributed by atoms with Gasteiger partial charge >= 0.3 is 10.3 Å². The third-order valence-electron chi connectivity index (χ3n) is 1.69. The number of nitrogens with two attached hydrogens (primary N) is 1. The van der Waals surface area contributed by atoms with Crippen LogP contribution in [0.5, 0.6) is 0 Å². The summed E-state index contributed by atoms with van der Waals surface area (Å²) >= 11 is 0. The van der Waals surface area contributed by atoms with Crippen molar-refractivity contribution in [2.75, 3.05) is 0 Å². The molecular weight excluding hydrogens is 209 g/mol. The van der Waals surface area contributed by atoms with Gasteiger partial charge in [-0.25, -0.2) is 9.53 Å². The van der Waals surface area contributed by atoms with Crippen molar-refractivity contribution in [3.63, 3.8) is 0 Å². The zero-order chi connectivity index (χ0) is 10.8. The number of rotatable bonds is 3. The van der Waals surface area contributed by atoms with Crippen LogP contribution in [0.4, 0.5) is 4.39 Å². The first-order valence-electron chi connectivity index (χ1n) is 3.80. The maximum atomic E-state index is 12.7. The molecule has 0 amide bonds. The summed E-state index contributed by atoms with van der Waals surface area (Å²) in [6.07, 6.45) is 0. The van der Waals surface area contributed by atoms with E-state index in [4.69, 9.17) is 0 Å². The van der Waals surface area contributed by atoms with Crippen LogP contribution < -0.4 is 5.14 Å². The summed E-state index contributed by atoms with van der Waals surface area (Å²) in [5, 5.41) is 4.63.